The number of ketones is 1. The third-order valence-corrected chi connectivity index (χ3v) is 3.12. The van der Waals surface area contributed by atoms with Gasteiger partial charge >= 0.3 is 11.9 Å². The van der Waals surface area contributed by atoms with Crippen LogP contribution in [0.3, 0.4) is 0 Å². The molecule has 0 saturated carbocycles. The highest BCUT2D eigenvalue weighted by atomic mass is 16.4. The number of nitrogens with zero attached hydrogens (tertiary/aromatic N) is 3. The Morgan fingerprint density at radius 1 is 1.08 bits per heavy atom. The zero-order chi connectivity index (χ0) is 18.5. The lowest BCUT2D eigenvalue weighted by Crippen LogP contribution is -2.50. The highest BCUT2D eigenvalue weighted by Crippen LogP contribution is 2.05. The third-order valence-electron chi connectivity index (χ3n) is 3.12. The Kier molecular flexibility index (Phi) is 10.5. The van der Waals surface area contributed by atoms with Gasteiger partial charge in [0.1, 0.15) is 0 Å². The van der Waals surface area contributed by atoms with Crippen LogP contribution in [0.5, 0.6) is 0 Å². The van der Waals surface area contributed by atoms with Gasteiger partial charge in [0.15, 0.2) is 5.78 Å². The number of hydrogen-bond acceptors (Lipinski definition) is 6. The van der Waals surface area contributed by atoms with E-state index in [1.54, 1.807) is 0 Å². The molecule has 0 aromatic carbocycles. The molecule has 2 atom stereocenters. The number of likely N-dealkylation sites (N-methyl/N-ethyl adjacent to an activating group) is 1. The summed E-state index contributed by atoms with van der Waals surface area (Å²) in [5, 5.41) is 25.7. The monoisotopic (exact) mass is 343 g/mol. The number of carbonyl (C=O) groups is 4. The zero-order valence-electron chi connectivity index (χ0n) is 13.3. The molecule has 24 heavy (non-hydrogen) atoms. The third kappa shape index (κ3) is 9.38. The summed E-state index contributed by atoms with van der Waals surface area (Å²) in [7, 11) is 1.39. The van der Waals surface area contributed by atoms with Gasteiger partial charge in [0, 0.05) is 17.9 Å². The summed E-state index contributed by atoms with van der Waals surface area (Å²) >= 11 is 0. The fourth-order valence-corrected chi connectivity index (χ4v) is 1.89. The molecule has 0 bridgehead atoms. The van der Waals surface area contributed by atoms with E-state index in [1.165, 1.54) is 7.05 Å². The van der Waals surface area contributed by atoms with Crippen molar-refractivity contribution in [1.82, 2.24) is 10.6 Å². The number of azide groups is 1. The Hall–Kier alpha value is -2.65. The zero-order valence-corrected chi connectivity index (χ0v) is 13.3. The average molecular weight is 343 g/mol. The number of rotatable bonds is 13. The van der Waals surface area contributed by atoms with E-state index in [2.05, 4.69) is 20.7 Å². The van der Waals surface area contributed by atoms with Crippen LogP contribution in [0.4, 0.5) is 0 Å². The second-order valence-corrected chi connectivity index (χ2v) is 4.98. The number of amides is 1. The van der Waals surface area contributed by atoms with Gasteiger partial charge in [-0.1, -0.05) is 5.11 Å². The molecule has 0 aromatic rings. The number of carboxylic acids is 2. The van der Waals surface area contributed by atoms with Gasteiger partial charge in [0.05, 0.1) is 24.9 Å². The molecule has 134 valence electrons. The topological polar surface area (TPSA) is 182 Å². The van der Waals surface area contributed by atoms with Crippen LogP contribution in [0.1, 0.15) is 32.1 Å². The second-order valence-electron chi connectivity index (χ2n) is 4.98. The Bertz CT molecular complexity index is 517. The molecule has 0 heterocycles. The van der Waals surface area contributed by atoms with Gasteiger partial charge in [0.25, 0.3) is 0 Å². The van der Waals surface area contributed by atoms with Gasteiger partial charge in [0.2, 0.25) is 5.91 Å². The van der Waals surface area contributed by atoms with E-state index in [4.69, 9.17) is 15.7 Å². The lowest BCUT2D eigenvalue weighted by molar-refractivity contribution is -0.142. The molecule has 0 aliphatic heterocycles. The number of carbonyl (C=O) groups excluding carboxylic acids is 2. The largest absolute Gasteiger partial charge is 0.481 e. The van der Waals surface area contributed by atoms with Crippen molar-refractivity contribution in [3.63, 3.8) is 0 Å². The fraction of sp³-hybridized carbons (Fsp3) is 0.692. The summed E-state index contributed by atoms with van der Waals surface area (Å²) in [5.41, 5.74) is 8.13. The first-order valence-corrected chi connectivity index (χ1v) is 7.26. The van der Waals surface area contributed by atoms with Crippen molar-refractivity contribution in [2.45, 2.75) is 44.2 Å². The number of hydrogen-bond donors (Lipinski definition) is 4. The van der Waals surface area contributed by atoms with Crippen molar-refractivity contribution in [3.8, 4) is 0 Å². The van der Waals surface area contributed by atoms with Gasteiger partial charge in [-0.05, 0) is 25.4 Å². The van der Waals surface area contributed by atoms with E-state index in [-0.39, 0.29) is 13.0 Å². The Balaban J connectivity index is 4.70. The van der Waals surface area contributed by atoms with E-state index in [9.17, 15) is 19.2 Å². The minimum atomic E-state index is -1.26. The van der Waals surface area contributed by atoms with Crippen LogP contribution in [0.25, 0.3) is 10.4 Å². The van der Waals surface area contributed by atoms with Crippen LogP contribution in [0, 0.1) is 0 Å². The Morgan fingerprint density at radius 2 is 1.67 bits per heavy atom. The van der Waals surface area contributed by atoms with E-state index < -0.39 is 48.6 Å². The maximum atomic E-state index is 12.1. The first-order valence-electron chi connectivity index (χ1n) is 7.26. The Labute approximate surface area is 138 Å². The molecular weight excluding hydrogens is 322 g/mol. The number of Topliss-reactive ketones (excluding diaryl/α,β-unsaturated/α-hetero) is 1. The molecule has 11 nitrogen and oxygen atoms in total. The lowest BCUT2D eigenvalue weighted by Gasteiger charge is -2.20. The molecule has 0 rings (SSSR count). The molecule has 4 N–H and O–H groups in total. The van der Waals surface area contributed by atoms with Gasteiger partial charge in [-0.15, -0.1) is 0 Å². The first-order chi connectivity index (χ1) is 11.3. The molecule has 0 radical (unpaired) electrons. The highest BCUT2D eigenvalue weighted by Gasteiger charge is 2.27. The average Bonchev–Trinajstić information content (AvgIpc) is 2.50. The molecule has 1 amide bonds. The first kappa shape index (κ1) is 21.4. The van der Waals surface area contributed by atoms with E-state index >= 15 is 0 Å². The van der Waals surface area contributed by atoms with Gasteiger partial charge in [-0.2, -0.15) is 0 Å². The van der Waals surface area contributed by atoms with Crippen molar-refractivity contribution in [3.05, 3.63) is 10.4 Å². The standard InChI is InChI=1S/C13H21N5O6/c1-15-9(7-12(22)23)13(24)17-8(6-11(20)21)10(19)4-2-3-5-16-18-14/h8-9,15H,2-7H2,1H3,(H,17,24)(H,20,21)(H,22,23). The van der Waals surface area contributed by atoms with Gasteiger partial charge in [-0.3, -0.25) is 19.2 Å². The predicted octanol–water partition coefficient (Wildman–Crippen LogP) is 0.0583. The summed E-state index contributed by atoms with van der Waals surface area (Å²) in [6.45, 7) is 0.222. The van der Waals surface area contributed by atoms with Crippen molar-refractivity contribution in [2.24, 2.45) is 5.11 Å². The van der Waals surface area contributed by atoms with E-state index in [0.29, 0.717) is 12.8 Å². The maximum Gasteiger partial charge on any atom is 0.305 e. The molecule has 0 spiro atoms. The predicted molar refractivity (Wildman–Crippen MR) is 82.2 cm³/mol. The van der Waals surface area contributed by atoms with Crippen molar-refractivity contribution in [2.75, 3.05) is 13.6 Å². The van der Waals surface area contributed by atoms with Crippen molar-refractivity contribution < 1.29 is 29.4 Å². The number of nitrogens with one attached hydrogen (secondary N) is 2. The second kappa shape index (κ2) is 11.9. The number of unbranched alkanes of at least 4 members (excludes halogenated alkanes) is 1. The summed E-state index contributed by atoms with van der Waals surface area (Å²) in [6, 6.07) is -2.31. The maximum absolute atomic E-state index is 12.1. The van der Waals surface area contributed by atoms with Crippen LogP contribution in [0.15, 0.2) is 5.11 Å². The number of aliphatic carboxylic acids is 2. The molecule has 2 unspecified atom stereocenters. The minimum absolute atomic E-state index is 0.0162. The smallest absolute Gasteiger partial charge is 0.305 e. The lowest BCUT2D eigenvalue weighted by atomic mass is 10.0. The molecule has 11 heteroatoms. The quantitative estimate of drug-likeness (QED) is 0.158. The van der Waals surface area contributed by atoms with Crippen LogP contribution in [-0.4, -0.2) is 59.5 Å². The van der Waals surface area contributed by atoms with Crippen LogP contribution in [-0.2, 0) is 19.2 Å². The van der Waals surface area contributed by atoms with Crippen molar-refractivity contribution in [1.29, 1.82) is 0 Å². The fourth-order valence-electron chi connectivity index (χ4n) is 1.89. The van der Waals surface area contributed by atoms with Gasteiger partial charge < -0.3 is 20.8 Å². The Morgan fingerprint density at radius 3 is 2.17 bits per heavy atom. The highest BCUT2D eigenvalue weighted by molar-refractivity contribution is 5.94. The molecule has 0 fully saturated rings. The summed E-state index contributed by atoms with van der Waals surface area (Å²) < 4.78 is 0. The van der Waals surface area contributed by atoms with Crippen LogP contribution < -0.4 is 10.6 Å². The molecule has 0 saturated heterocycles. The number of carboxylic acid groups (broad SMARTS) is 2. The summed E-state index contributed by atoms with van der Waals surface area (Å²) in [4.78, 5) is 48.2. The summed E-state index contributed by atoms with van der Waals surface area (Å²) in [5.74, 6) is -3.70. The van der Waals surface area contributed by atoms with Gasteiger partial charge in [-0.25, -0.2) is 0 Å². The normalized spacial score (nSPS) is 12.5. The molecule has 0 aromatic heterocycles. The SMILES string of the molecule is CNC(CC(=O)O)C(=O)NC(CC(=O)O)C(=O)CCCCN=[N+]=[N-]. The van der Waals surface area contributed by atoms with Crippen LogP contribution >= 0.6 is 0 Å². The van der Waals surface area contributed by atoms with Crippen LogP contribution in [0.2, 0.25) is 0 Å². The summed E-state index contributed by atoms with van der Waals surface area (Å²) in [6.07, 6.45) is -0.231. The minimum Gasteiger partial charge on any atom is -0.481 e. The molecule has 0 aliphatic rings. The van der Waals surface area contributed by atoms with Crippen molar-refractivity contribution >= 4 is 23.6 Å². The van der Waals surface area contributed by atoms with E-state index in [1.807, 2.05) is 0 Å². The molecule has 0 aliphatic carbocycles. The molecular formula is C13H21N5O6. The van der Waals surface area contributed by atoms with E-state index in [0.717, 1.165) is 0 Å².